The van der Waals surface area contributed by atoms with Gasteiger partial charge in [-0.1, -0.05) is 13.8 Å². The molecule has 3 rings (SSSR count). The number of anilines is 1. The maximum absolute atomic E-state index is 5.62. The van der Waals surface area contributed by atoms with E-state index in [1.165, 1.54) is 6.33 Å². The summed E-state index contributed by atoms with van der Waals surface area (Å²) in [4.78, 5) is 14.8. The monoisotopic (exact) mass is 287 g/mol. The summed E-state index contributed by atoms with van der Waals surface area (Å²) in [5, 5.41) is 8.09. The van der Waals surface area contributed by atoms with Crippen molar-refractivity contribution in [3.8, 4) is 0 Å². The Morgan fingerprint density at radius 3 is 2.67 bits per heavy atom. The van der Waals surface area contributed by atoms with Gasteiger partial charge in [-0.2, -0.15) is 0 Å². The number of nitrogens with zero attached hydrogens (tertiary/aromatic N) is 7. The Hall–Kier alpha value is -2.51. The third-order valence-corrected chi connectivity index (χ3v) is 3.09. The molecular weight excluding hydrogens is 270 g/mol. The van der Waals surface area contributed by atoms with Gasteiger partial charge in [0.05, 0.1) is 6.33 Å². The second-order valence-electron chi connectivity index (χ2n) is 5.33. The first kappa shape index (κ1) is 13.5. The van der Waals surface area contributed by atoms with Crippen molar-refractivity contribution in [2.75, 3.05) is 19.0 Å². The average molecular weight is 287 g/mol. The normalized spacial score (nSPS) is 11.5. The van der Waals surface area contributed by atoms with Gasteiger partial charge in [0.25, 0.3) is 0 Å². The standard InChI is InChI=1S/C13H17N7O/c1-8(2)13-18-17-9(21-13)5-20-7-16-10-11(19(3)4)14-6-15-12(10)20/h6-8H,5H2,1-4H3. The first-order valence-corrected chi connectivity index (χ1v) is 6.71. The first-order chi connectivity index (χ1) is 10.1. The summed E-state index contributed by atoms with van der Waals surface area (Å²) in [7, 11) is 3.85. The van der Waals surface area contributed by atoms with Gasteiger partial charge in [0.1, 0.15) is 12.9 Å². The van der Waals surface area contributed by atoms with Gasteiger partial charge in [-0.15, -0.1) is 10.2 Å². The summed E-state index contributed by atoms with van der Waals surface area (Å²) in [6.45, 7) is 4.47. The van der Waals surface area contributed by atoms with Crippen molar-refractivity contribution in [2.45, 2.75) is 26.3 Å². The number of hydrogen-bond donors (Lipinski definition) is 0. The molecule has 0 bridgehead atoms. The lowest BCUT2D eigenvalue weighted by atomic mass is 10.2. The van der Waals surface area contributed by atoms with Crippen molar-refractivity contribution in [1.29, 1.82) is 0 Å². The molecule has 110 valence electrons. The van der Waals surface area contributed by atoms with Crippen LogP contribution < -0.4 is 4.90 Å². The van der Waals surface area contributed by atoms with Crippen molar-refractivity contribution in [3.05, 3.63) is 24.4 Å². The number of hydrogen-bond acceptors (Lipinski definition) is 7. The fraction of sp³-hybridized carbons (Fsp3) is 0.462. The van der Waals surface area contributed by atoms with Crippen LogP contribution in [0.15, 0.2) is 17.1 Å². The van der Waals surface area contributed by atoms with Crippen LogP contribution in [0.25, 0.3) is 11.2 Å². The van der Waals surface area contributed by atoms with Gasteiger partial charge in [0.15, 0.2) is 17.0 Å². The van der Waals surface area contributed by atoms with E-state index < -0.39 is 0 Å². The van der Waals surface area contributed by atoms with Crippen LogP contribution in [-0.4, -0.2) is 43.8 Å². The Bertz CT molecular complexity index is 759. The summed E-state index contributed by atoms with van der Waals surface area (Å²) in [5.41, 5.74) is 1.50. The second-order valence-corrected chi connectivity index (χ2v) is 5.33. The molecule has 3 aromatic rings. The molecule has 0 aromatic carbocycles. The summed E-state index contributed by atoms with van der Waals surface area (Å²) >= 11 is 0. The van der Waals surface area contributed by atoms with Crippen molar-refractivity contribution < 1.29 is 4.42 Å². The number of imidazole rings is 1. The van der Waals surface area contributed by atoms with E-state index in [2.05, 4.69) is 25.1 Å². The van der Waals surface area contributed by atoms with E-state index in [0.717, 1.165) is 17.0 Å². The van der Waals surface area contributed by atoms with E-state index in [0.29, 0.717) is 18.3 Å². The van der Waals surface area contributed by atoms with Gasteiger partial charge < -0.3 is 13.9 Å². The highest BCUT2D eigenvalue weighted by molar-refractivity contribution is 5.82. The highest BCUT2D eigenvalue weighted by Gasteiger charge is 2.14. The van der Waals surface area contributed by atoms with Crippen LogP contribution in [0.3, 0.4) is 0 Å². The molecule has 8 heteroatoms. The maximum atomic E-state index is 5.62. The molecule has 0 saturated carbocycles. The van der Waals surface area contributed by atoms with Crippen LogP contribution in [0.4, 0.5) is 5.82 Å². The smallest absolute Gasteiger partial charge is 0.236 e. The van der Waals surface area contributed by atoms with E-state index in [1.54, 1.807) is 6.33 Å². The molecule has 0 unspecified atom stereocenters. The number of rotatable bonds is 4. The Morgan fingerprint density at radius 1 is 1.19 bits per heavy atom. The van der Waals surface area contributed by atoms with Crippen LogP contribution >= 0.6 is 0 Å². The molecule has 0 amide bonds. The van der Waals surface area contributed by atoms with Crippen molar-refractivity contribution in [1.82, 2.24) is 29.7 Å². The summed E-state index contributed by atoms with van der Waals surface area (Å²) < 4.78 is 7.50. The highest BCUT2D eigenvalue weighted by atomic mass is 16.4. The Morgan fingerprint density at radius 2 is 2.00 bits per heavy atom. The van der Waals surface area contributed by atoms with E-state index >= 15 is 0 Å². The first-order valence-electron chi connectivity index (χ1n) is 6.71. The molecule has 0 spiro atoms. The fourth-order valence-corrected chi connectivity index (χ4v) is 2.02. The zero-order valence-corrected chi connectivity index (χ0v) is 12.5. The molecule has 21 heavy (non-hydrogen) atoms. The van der Waals surface area contributed by atoms with Crippen LogP contribution in [0.2, 0.25) is 0 Å². The van der Waals surface area contributed by atoms with Gasteiger partial charge in [0, 0.05) is 20.0 Å². The van der Waals surface area contributed by atoms with Gasteiger partial charge >= 0.3 is 0 Å². The van der Waals surface area contributed by atoms with Crippen LogP contribution in [0.1, 0.15) is 31.5 Å². The largest absolute Gasteiger partial charge is 0.423 e. The molecule has 0 saturated heterocycles. The van der Waals surface area contributed by atoms with E-state index in [4.69, 9.17) is 4.42 Å². The molecule has 0 aliphatic carbocycles. The van der Waals surface area contributed by atoms with E-state index in [-0.39, 0.29) is 5.92 Å². The molecule has 0 atom stereocenters. The van der Waals surface area contributed by atoms with Gasteiger partial charge in [-0.05, 0) is 0 Å². The molecule has 0 radical (unpaired) electrons. The average Bonchev–Trinajstić information content (AvgIpc) is 3.06. The lowest BCUT2D eigenvalue weighted by molar-refractivity contribution is 0.424. The molecule has 3 aromatic heterocycles. The van der Waals surface area contributed by atoms with Crippen LogP contribution in [-0.2, 0) is 6.54 Å². The third-order valence-electron chi connectivity index (χ3n) is 3.09. The zero-order valence-electron chi connectivity index (χ0n) is 12.5. The summed E-state index contributed by atoms with van der Waals surface area (Å²) in [6, 6.07) is 0. The predicted molar refractivity (Wildman–Crippen MR) is 77.1 cm³/mol. The fourth-order valence-electron chi connectivity index (χ4n) is 2.02. The van der Waals surface area contributed by atoms with Gasteiger partial charge in [-0.25, -0.2) is 15.0 Å². The Balaban J connectivity index is 1.95. The minimum Gasteiger partial charge on any atom is -0.423 e. The quantitative estimate of drug-likeness (QED) is 0.717. The van der Waals surface area contributed by atoms with Crippen molar-refractivity contribution in [3.63, 3.8) is 0 Å². The summed E-state index contributed by atoms with van der Waals surface area (Å²) in [6.07, 6.45) is 3.24. The molecular formula is C13H17N7O. The third kappa shape index (κ3) is 2.44. The second kappa shape index (κ2) is 5.12. The van der Waals surface area contributed by atoms with Gasteiger partial charge in [0.2, 0.25) is 11.8 Å². The minimum atomic E-state index is 0.216. The predicted octanol–water partition coefficient (Wildman–Crippen LogP) is 1.45. The molecule has 0 aliphatic heterocycles. The molecule has 0 fully saturated rings. The minimum absolute atomic E-state index is 0.216. The van der Waals surface area contributed by atoms with Crippen LogP contribution in [0, 0.1) is 0 Å². The van der Waals surface area contributed by atoms with Crippen molar-refractivity contribution in [2.24, 2.45) is 0 Å². The lowest BCUT2D eigenvalue weighted by Gasteiger charge is -2.10. The SMILES string of the molecule is CC(C)c1nnc(Cn2cnc3c(N(C)C)ncnc32)o1. The van der Waals surface area contributed by atoms with Crippen molar-refractivity contribution >= 4 is 17.0 Å². The molecule has 0 aliphatic rings. The Labute approximate surface area is 121 Å². The molecule has 0 N–H and O–H groups in total. The van der Waals surface area contributed by atoms with Crippen LogP contribution in [0.5, 0.6) is 0 Å². The number of aromatic nitrogens is 6. The summed E-state index contributed by atoms with van der Waals surface area (Å²) in [5.74, 6) is 2.18. The van der Waals surface area contributed by atoms with Gasteiger partial charge in [-0.3, -0.25) is 0 Å². The Kier molecular flexibility index (Phi) is 3.28. The maximum Gasteiger partial charge on any atom is 0.236 e. The lowest BCUT2D eigenvalue weighted by Crippen LogP contribution is -2.11. The number of fused-ring (bicyclic) bond motifs is 1. The van der Waals surface area contributed by atoms with E-state index in [1.807, 2.05) is 37.4 Å². The molecule has 3 heterocycles. The van der Waals surface area contributed by atoms with E-state index in [9.17, 15) is 0 Å². The highest BCUT2D eigenvalue weighted by Crippen LogP contribution is 2.20. The topological polar surface area (TPSA) is 85.8 Å². The zero-order chi connectivity index (χ0) is 15.0. The molecule has 8 nitrogen and oxygen atoms in total.